The van der Waals surface area contributed by atoms with Gasteiger partial charge in [-0.3, -0.25) is 9.20 Å². The predicted octanol–water partition coefficient (Wildman–Crippen LogP) is 2.42. The highest BCUT2D eigenvalue weighted by Gasteiger charge is 2.11. The van der Waals surface area contributed by atoms with E-state index < -0.39 is 5.97 Å². The van der Waals surface area contributed by atoms with E-state index in [0.717, 1.165) is 21.9 Å². The van der Waals surface area contributed by atoms with Gasteiger partial charge in [0.1, 0.15) is 0 Å². The summed E-state index contributed by atoms with van der Waals surface area (Å²) in [5.41, 5.74) is 3.05. The normalized spacial score (nSPS) is 11.2. The number of carbonyl (C=O) groups is 1. The van der Waals surface area contributed by atoms with Gasteiger partial charge in [0.15, 0.2) is 4.96 Å². The van der Waals surface area contributed by atoms with Crippen LogP contribution in [0.4, 0.5) is 0 Å². The van der Waals surface area contributed by atoms with Crippen molar-refractivity contribution in [3.63, 3.8) is 0 Å². The summed E-state index contributed by atoms with van der Waals surface area (Å²) >= 11 is 1.57. The largest absolute Gasteiger partial charge is 0.481 e. The maximum Gasteiger partial charge on any atom is 0.303 e. The van der Waals surface area contributed by atoms with Gasteiger partial charge in [0, 0.05) is 43.0 Å². The molecule has 5 nitrogen and oxygen atoms in total. The molecule has 3 aromatic heterocycles. The van der Waals surface area contributed by atoms with Gasteiger partial charge in [0.05, 0.1) is 17.8 Å². The Kier molecular flexibility index (Phi) is 2.87. The fourth-order valence-corrected chi connectivity index (χ4v) is 2.95. The smallest absolute Gasteiger partial charge is 0.303 e. The lowest BCUT2D eigenvalue weighted by molar-refractivity contribution is -0.136. The molecule has 6 heteroatoms. The van der Waals surface area contributed by atoms with Crippen molar-refractivity contribution >= 4 is 22.3 Å². The molecule has 1 N–H and O–H groups in total. The molecule has 3 heterocycles. The molecule has 0 aliphatic rings. The zero-order valence-corrected chi connectivity index (χ0v) is 11.2. The first-order valence-corrected chi connectivity index (χ1v) is 6.81. The first-order chi connectivity index (χ1) is 9.13. The quantitative estimate of drug-likeness (QED) is 0.795. The van der Waals surface area contributed by atoms with E-state index in [4.69, 9.17) is 5.11 Å². The third kappa shape index (κ3) is 2.26. The number of aryl methyl sites for hydroxylation is 2. The minimum atomic E-state index is -0.792. The van der Waals surface area contributed by atoms with Crippen LogP contribution in [0.25, 0.3) is 16.2 Å². The number of nitrogens with zero attached hydrogens (tertiary/aromatic N) is 3. The van der Waals surface area contributed by atoms with E-state index in [0.29, 0.717) is 6.42 Å². The van der Waals surface area contributed by atoms with Crippen molar-refractivity contribution in [3.8, 4) is 11.3 Å². The van der Waals surface area contributed by atoms with Gasteiger partial charge >= 0.3 is 5.97 Å². The van der Waals surface area contributed by atoms with Crippen molar-refractivity contribution in [3.05, 3.63) is 35.7 Å². The van der Waals surface area contributed by atoms with E-state index in [9.17, 15) is 4.79 Å². The second kappa shape index (κ2) is 4.55. The third-order valence-corrected chi connectivity index (χ3v) is 3.82. The first-order valence-electron chi connectivity index (χ1n) is 5.93. The van der Waals surface area contributed by atoms with Crippen LogP contribution in [-0.4, -0.2) is 25.0 Å². The maximum absolute atomic E-state index is 10.6. The van der Waals surface area contributed by atoms with Crippen LogP contribution in [0, 0.1) is 0 Å². The Morgan fingerprint density at radius 2 is 2.32 bits per heavy atom. The van der Waals surface area contributed by atoms with E-state index >= 15 is 0 Å². The Balaban J connectivity index is 1.96. The van der Waals surface area contributed by atoms with Crippen LogP contribution in [0.3, 0.4) is 0 Å². The number of aliphatic carboxylic acids is 1. The lowest BCUT2D eigenvalue weighted by Crippen LogP contribution is -1.97. The Hall–Kier alpha value is -2.08. The van der Waals surface area contributed by atoms with Gasteiger partial charge in [-0.15, -0.1) is 11.3 Å². The molecular formula is C13H13N3O2S. The molecule has 0 aliphatic carbocycles. The summed E-state index contributed by atoms with van der Waals surface area (Å²) in [5, 5.41) is 10.8. The average molecular weight is 275 g/mol. The van der Waals surface area contributed by atoms with Crippen molar-refractivity contribution in [1.82, 2.24) is 14.0 Å². The van der Waals surface area contributed by atoms with E-state index in [-0.39, 0.29) is 6.42 Å². The van der Waals surface area contributed by atoms with E-state index in [1.165, 1.54) is 0 Å². The van der Waals surface area contributed by atoms with Crippen molar-refractivity contribution in [1.29, 1.82) is 0 Å². The molecular weight excluding hydrogens is 262 g/mol. The molecule has 0 unspecified atom stereocenters. The zero-order chi connectivity index (χ0) is 13.4. The summed E-state index contributed by atoms with van der Waals surface area (Å²) in [4.78, 5) is 15.9. The van der Waals surface area contributed by atoms with Gasteiger partial charge in [-0.05, 0) is 6.07 Å². The van der Waals surface area contributed by atoms with Crippen LogP contribution in [0.5, 0.6) is 0 Å². The minimum absolute atomic E-state index is 0.117. The molecule has 98 valence electrons. The average Bonchev–Trinajstić information content (AvgIpc) is 3.00. The Labute approximate surface area is 113 Å². The highest BCUT2D eigenvalue weighted by molar-refractivity contribution is 7.15. The highest BCUT2D eigenvalue weighted by atomic mass is 32.1. The predicted molar refractivity (Wildman–Crippen MR) is 73.4 cm³/mol. The van der Waals surface area contributed by atoms with Crippen LogP contribution < -0.4 is 0 Å². The van der Waals surface area contributed by atoms with Crippen LogP contribution in [0.15, 0.2) is 30.0 Å². The fourth-order valence-electron chi connectivity index (χ4n) is 2.05. The molecule has 0 spiro atoms. The van der Waals surface area contributed by atoms with Crippen molar-refractivity contribution in [2.45, 2.75) is 12.8 Å². The number of imidazole rings is 1. The van der Waals surface area contributed by atoms with Gasteiger partial charge < -0.3 is 9.67 Å². The van der Waals surface area contributed by atoms with Crippen LogP contribution >= 0.6 is 11.3 Å². The van der Waals surface area contributed by atoms with E-state index in [2.05, 4.69) is 22.6 Å². The molecule has 0 amide bonds. The molecule has 0 aromatic carbocycles. The Morgan fingerprint density at radius 1 is 1.47 bits per heavy atom. The Bertz CT molecular complexity index is 738. The monoisotopic (exact) mass is 275 g/mol. The molecule has 0 bridgehead atoms. The van der Waals surface area contributed by atoms with Gasteiger partial charge in [-0.2, -0.15) is 0 Å². The minimum Gasteiger partial charge on any atom is -0.481 e. The van der Waals surface area contributed by atoms with Gasteiger partial charge in [-0.25, -0.2) is 4.98 Å². The van der Waals surface area contributed by atoms with Gasteiger partial charge in [0.25, 0.3) is 0 Å². The molecule has 3 rings (SSSR count). The molecule has 3 aromatic rings. The summed E-state index contributed by atoms with van der Waals surface area (Å²) < 4.78 is 4.03. The summed E-state index contributed by atoms with van der Waals surface area (Å²) in [7, 11) is 1.99. The molecule has 0 aliphatic heterocycles. The SMILES string of the molecule is Cn1ccc(-c2csc3nc(CCC(=O)O)cn23)c1. The van der Waals surface area contributed by atoms with E-state index in [1.807, 2.05) is 28.4 Å². The summed E-state index contributed by atoms with van der Waals surface area (Å²) in [6, 6.07) is 2.05. The fraction of sp³-hybridized carbons (Fsp3) is 0.231. The van der Waals surface area contributed by atoms with Crippen LogP contribution in [0.2, 0.25) is 0 Å². The number of hydrogen-bond acceptors (Lipinski definition) is 3. The molecule has 0 fully saturated rings. The first kappa shape index (κ1) is 12.0. The van der Waals surface area contributed by atoms with Crippen LogP contribution in [0.1, 0.15) is 12.1 Å². The van der Waals surface area contributed by atoms with Gasteiger partial charge in [0.2, 0.25) is 0 Å². The lowest BCUT2D eigenvalue weighted by Gasteiger charge is -1.95. The summed E-state index contributed by atoms with van der Waals surface area (Å²) in [6.45, 7) is 0. The second-order valence-corrected chi connectivity index (χ2v) is 5.30. The maximum atomic E-state index is 10.6. The number of rotatable bonds is 4. The summed E-state index contributed by atoms with van der Waals surface area (Å²) in [5.74, 6) is -0.792. The molecule has 0 saturated carbocycles. The number of aromatic nitrogens is 3. The molecule has 19 heavy (non-hydrogen) atoms. The van der Waals surface area contributed by atoms with Crippen molar-refractivity contribution in [2.24, 2.45) is 7.05 Å². The lowest BCUT2D eigenvalue weighted by atomic mass is 10.2. The van der Waals surface area contributed by atoms with Gasteiger partial charge in [-0.1, -0.05) is 0 Å². The molecule has 0 radical (unpaired) electrons. The third-order valence-electron chi connectivity index (χ3n) is 2.98. The standard InChI is InChI=1S/C13H13N3O2S/c1-15-5-4-9(6-15)11-8-19-13-14-10(7-16(11)13)2-3-12(17)18/h4-8H,2-3H2,1H3,(H,17,18). The zero-order valence-electron chi connectivity index (χ0n) is 10.4. The van der Waals surface area contributed by atoms with Crippen molar-refractivity contribution in [2.75, 3.05) is 0 Å². The second-order valence-electron chi connectivity index (χ2n) is 4.47. The van der Waals surface area contributed by atoms with Crippen molar-refractivity contribution < 1.29 is 9.90 Å². The number of carboxylic acid groups (broad SMARTS) is 1. The number of thiazole rings is 1. The summed E-state index contributed by atoms with van der Waals surface area (Å²) in [6.07, 6.45) is 6.57. The van der Waals surface area contributed by atoms with E-state index in [1.54, 1.807) is 11.3 Å². The Morgan fingerprint density at radius 3 is 3.00 bits per heavy atom. The number of hydrogen-bond donors (Lipinski definition) is 1. The highest BCUT2D eigenvalue weighted by Crippen LogP contribution is 2.26. The molecule has 0 saturated heterocycles. The number of fused-ring (bicyclic) bond motifs is 1. The molecule has 0 atom stereocenters. The number of carboxylic acids is 1. The van der Waals surface area contributed by atoms with Crippen LogP contribution in [-0.2, 0) is 18.3 Å². The topological polar surface area (TPSA) is 59.5 Å².